The van der Waals surface area contributed by atoms with E-state index in [1.807, 2.05) is 45.9 Å². The molecule has 4 rings (SSSR count). The molecule has 202 valence electrons. The van der Waals surface area contributed by atoms with Crippen LogP contribution in [0.5, 0.6) is 5.75 Å². The maximum atomic E-state index is 13.3. The van der Waals surface area contributed by atoms with Gasteiger partial charge in [-0.1, -0.05) is 29.3 Å². The highest BCUT2D eigenvalue weighted by Gasteiger charge is 2.34. The Bertz CT molecular complexity index is 1660. The van der Waals surface area contributed by atoms with Gasteiger partial charge in [0.2, 0.25) is 0 Å². The van der Waals surface area contributed by atoms with Gasteiger partial charge in [0.05, 0.1) is 23.0 Å². The molecular formula is C29H26ClF3N4O2. The molecule has 0 N–H and O–H groups in total. The van der Waals surface area contributed by atoms with Gasteiger partial charge in [0, 0.05) is 40.8 Å². The molecule has 1 aromatic carbocycles. The van der Waals surface area contributed by atoms with Crippen LogP contribution in [0.25, 0.3) is 16.6 Å². The van der Waals surface area contributed by atoms with Crippen LogP contribution in [0, 0.1) is 6.92 Å². The largest absolute Gasteiger partial charge is 0.486 e. The lowest BCUT2D eigenvalue weighted by Gasteiger charge is -2.16. The van der Waals surface area contributed by atoms with Gasteiger partial charge in [-0.3, -0.25) is 14.8 Å². The molecule has 0 aliphatic carbocycles. The number of ether oxygens (including phenoxy) is 1. The van der Waals surface area contributed by atoms with Crippen molar-refractivity contribution in [3.8, 4) is 5.75 Å². The molecule has 3 heterocycles. The van der Waals surface area contributed by atoms with Gasteiger partial charge in [-0.05, 0) is 58.0 Å². The summed E-state index contributed by atoms with van der Waals surface area (Å²) in [6.45, 7) is 7.48. The molecule has 6 nitrogen and oxygen atoms in total. The number of rotatable bonds is 7. The summed E-state index contributed by atoms with van der Waals surface area (Å²) < 4.78 is 46.9. The van der Waals surface area contributed by atoms with Crippen molar-refractivity contribution in [3.05, 3.63) is 104 Å². The Hall–Kier alpha value is -3.98. The third kappa shape index (κ3) is 6.04. The van der Waals surface area contributed by atoms with Crippen LogP contribution in [-0.2, 0) is 19.3 Å². The molecule has 0 saturated carbocycles. The van der Waals surface area contributed by atoms with Crippen molar-refractivity contribution >= 4 is 34.4 Å². The zero-order valence-electron chi connectivity index (χ0n) is 21.8. The predicted octanol–water partition coefficient (Wildman–Crippen LogP) is 7.24. The summed E-state index contributed by atoms with van der Waals surface area (Å²) in [7, 11) is 0. The Labute approximate surface area is 228 Å². The molecule has 0 amide bonds. The van der Waals surface area contributed by atoms with Crippen LogP contribution in [0.2, 0.25) is 5.02 Å². The zero-order valence-corrected chi connectivity index (χ0v) is 22.6. The SMILES string of the molecule is C/C=N\C(=C(C)C)c1cc(C)nc2c(OCc3c(Cl)ccnc3Cn3cccc(C(F)(F)F)c3=O)cccc12. The number of alkyl halides is 3. The molecule has 10 heteroatoms. The summed E-state index contributed by atoms with van der Waals surface area (Å²) in [6, 6.07) is 11.0. The van der Waals surface area contributed by atoms with Crippen LogP contribution in [0.15, 0.2) is 70.2 Å². The molecule has 0 radical (unpaired) electrons. The van der Waals surface area contributed by atoms with Crippen molar-refractivity contribution in [1.82, 2.24) is 14.5 Å². The molecule has 0 saturated heterocycles. The molecule has 3 aromatic heterocycles. The Morgan fingerprint density at radius 1 is 1.18 bits per heavy atom. The quantitative estimate of drug-likeness (QED) is 0.226. The third-order valence-corrected chi connectivity index (χ3v) is 6.38. The summed E-state index contributed by atoms with van der Waals surface area (Å²) in [6.07, 6.45) is -0.306. The lowest BCUT2D eigenvalue weighted by molar-refractivity contribution is -0.138. The number of pyridine rings is 3. The van der Waals surface area contributed by atoms with Crippen molar-refractivity contribution in [2.45, 2.75) is 47.0 Å². The van der Waals surface area contributed by atoms with E-state index < -0.39 is 17.3 Å². The number of nitrogens with zero attached hydrogens (tertiary/aromatic N) is 4. The topological polar surface area (TPSA) is 69.4 Å². The minimum atomic E-state index is -4.76. The van der Waals surface area contributed by atoms with Crippen molar-refractivity contribution < 1.29 is 17.9 Å². The van der Waals surface area contributed by atoms with E-state index in [0.717, 1.165) is 38.5 Å². The monoisotopic (exact) mass is 554 g/mol. The van der Waals surface area contributed by atoms with E-state index in [0.29, 0.717) is 27.5 Å². The van der Waals surface area contributed by atoms with Crippen molar-refractivity contribution in [2.24, 2.45) is 4.99 Å². The van der Waals surface area contributed by atoms with Gasteiger partial charge in [-0.15, -0.1) is 0 Å². The van der Waals surface area contributed by atoms with Crippen LogP contribution >= 0.6 is 11.6 Å². The van der Waals surface area contributed by atoms with Gasteiger partial charge >= 0.3 is 6.18 Å². The Balaban J connectivity index is 1.72. The van der Waals surface area contributed by atoms with Gasteiger partial charge in [0.15, 0.2) is 0 Å². The average Bonchev–Trinajstić information content (AvgIpc) is 2.87. The fourth-order valence-corrected chi connectivity index (χ4v) is 4.47. The van der Waals surface area contributed by atoms with Crippen LogP contribution < -0.4 is 10.3 Å². The molecule has 39 heavy (non-hydrogen) atoms. The van der Waals surface area contributed by atoms with E-state index in [9.17, 15) is 18.0 Å². The molecule has 4 aromatic rings. The number of fused-ring (bicyclic) bond motifs is 1. The van der Waals surface area contributed by atoms with Crippen molar-refractivity contribution in [2.75, 3.05) is 0 Å². The molecule has 0 spiro atoms. The number of hydrogen-bond acceptors (Lipinski definition) is 5. The highest BCUT2D eigenvalue weighted by Crippen LogP contribution is 2.33. The summed E-state index contributed by atoms with van der Waals surface area (Å²) in [4.78, 5) is 26.0. The number of benzene rings is 1. The number of aliphatic imine (C=N–C) groups is 1. The van der Waals surface area contributed by atoms with Gasteiger partial charge in [0.1, 0.15) is 23.4 Å². The summed E-state index contributed by atoms with van der Waals surface area (Å²) in [5, 5.41) is 1.17. The summed E-state index contributed by atoms with van der Waals surface area (Å²) in [5.41, 5.74) is 2.58. The predicted molar refractivity (Wildman–Crippen MR) is 147 cm³/mol. The Kier molecular flexibility index (Phi) is 8.20. The number of aromatic nitrogens is 3. The second-order valence-electron chi connectivity index (χ2n) is 9.06. The number of para-hydroxylation sites is 1. The van der Waals surface area contributed by atoms with E-state index in [2.05, 4.69) is 9.98 Å². The van der Waals surface area contributed by atoms with Gasteiger partial charge in [0.25, 0.3) is 5.56 Å². The third-order valence-electron chi connectivity index (χ3n) is 6.02. The normalized spacial score (nSPS) is 11.8. The highest BCUT2D eigenvalue weighted by molar-refractivity contribution is 6.31. The molecule has 0 aliphatic rings. The van der Waals surface area contributed by atoms with Crippen LogP contribution in [0.4, 0.5) is 13.2 Å². The van der Waals surface area contributed by atoms with E-state index in [1.165, 1.54) is 18.5 Å². The van der Waals surface area contributed by atoms with E-state index in [-0.39, 0.29) is 13.2 Å². The number of allylic oxidation sites excluding steroid dienone is 1. The number of aryl methyl sites for hydroxylation is 1. The maximum absolute atomic E-state index is 13.3. The lowest BCUT2D eigenvalue weighted by atomic mass is 10.0. The molecule has 0 aliphatic heterocycles. The van der Waals surface area contributed by atoms with Crippen LogP contribution in [0.1, 0.15) is 48.8 Å². The fraction of sp³-hybridized carbons (Fsp3) is 0.241. The Morgan fingerprint density at radius 3 is 2.64 bits per heavy atom. The standard InChI is InChI=1S/C29H26ClF3N4O2/c1-5-34-26(17(2)3)20-14-18(4)36-27-19(20)8-6-10-25(27)39-16-21-23(30)11-12-35-24(21)15-37-13-7-9-22(28(37)38)29(31,32)33/h5-14H,15-16H2,1-4H3/b34-5-. The minimum Gasteiger partial charge on any atom is -0.486 e. The maximum Gasteiger partial charge on any atom is 0.421 e. The second kappa shape index (κ2) is 11.4. The first-order valence-corrected chi connectivity index (χ1v) is 12.5. The van der Waals surface area contributed by atoms with E-state index in [1.54, 1.807) is 18.3 Å². The molecule has 0 fully saturated rings. The smallest absolute Gasteiger partial charge is 0.421 e. The van der Waals surface area contributed by atoms with Gasteiger partial charge < -0.3 is 9.30 Å². The fourth-order valence-electron chi connectivity index (χ4n) is 4.25. The lowest BCUT2D eigenvalue weighted by Crippen LogP contribution is -2.28. The number of halogens is 4. The average molecular weight is 555 g/mol. The molecular weight excluding hydrogens is 529 g/mol. The molecule has 0 bridgehead atoms. The first-order valence-electron chi connectivity index (χ1n) is 12.1. The van der Waals surface area contributed by atoms with E-state index in [4.69, 9.17) is 21.3 Å². The van der Waals surface area contributed by atoms with Crippen LogP contribution in [0.3, 0.4) is 0 Å². The van der Waals surface area contributed by atoms with Crippen molar-refractivity contribution in [3.63, 3.8) is 0 Å². The number of hydrogen-bond donors (Lipinski definition) is 0. The minimum absolute atomic E-state index is 0.0393. The van der Waals surface area contributed by atoms with Crippen molar-refractivity contribution in [1.29, 1.82) is 0 Å². The van der Waals surface area contributed by atoms with Gasteiger partial charge in [-0.2, -0.15) is 13.2 Å². The van der Waals surface area contributed by atoms with Gasteiger partial charge in [-0.25, -0.2) is 4.98 Å². The summed E-state index contributed by atoms with van der Waals surface area (Å²) in [5.74, 6) is 0.494. The first kappa shape index (κ1) is 28.0. The molecule has 0 atom stereocenters. The molecule has 0 unspecified atom stereocenters. The summed E-state index contributed by atoms with van der Waals surface area (Å²) >= 11 is 6.46. The zero-order chi connectivity index (χ0) is 28.3. The second-order valence-corrected chi connectivity index (χ2v) is 9.47. The first-order chi connectivity index (χ1) is 18.5. The Morgan fingerprint density at radius 2 is 1.95 bits per heavy atom. The van der Waals surface area contributed by atoms with Crippen LogP contribution in [-0.4, -0.2) is 20.7 Å². The van der Waals surface area contributed by atoms with E-state index >= 15 is 0 Å². The highest BCUT2D eigenvalue weighted by atomic mass is 35.5.